The monoisotopic (exact) mass is 244 g/mol. The number of nitrogens with zero attached hydrogens (tertiary/aromatic N) is 2. The van der Waals surface area contributed by atoms with E-state index in [1.807, 2.05) is 0 Å². The number of guanidine groups is 1. The number of rotatable bonds is 9. The van der Waals surface area contributed by atoms with Gasteiger partial charge in [0.1, 0.15) is 0 Å². The molecule has 0 aliphatic carbocycles. The fraction of sp³-hybridized carbons (Fsp3) is 0.917. The minimum Gasteiger partial charge on any atom is -0.383 e. The molecule has 0 heterocycles. The second-order valence-corrected chi connectivity index (χ2v) is 3.80. The molecule has 0 aromatic heterocycles. The summed E-state index contributed by atoms with van der Waals surface area (Å²) in [5, 5.41) is 6.48. The smallest absolute Gasteiger partial charge is 0.191 e. The summed E-state index contributed by atoms with van der Waals surface area (Å²) in [6.45, 7) is 10.2. The van der Waals surface area contributed by atoms with Crippen LogP contribution in [-0.4, -0.2) is 64.3 Å². The van der Waals surface area contributed by atoms with Crippen LogP contribution in [0.4, 0.5) is 0 Å². The van der Waals surface area contributed by atoms with Crippen molar-refractivity contribution in [2.75, 3.05) is 53.5 Å². The molecule has 0 bridgehead atoms. The lowest BCUT2D eigenvalue weighted by Gasteiger charge is -2.18. The fourth-order valence-electron chi connectivity index (χ4n) is 1.54. The van der Waals surface area contributed by atoms with Crippen molar-refractivity contribution in [1.82, 2.24) is 15.5 Å². The van der Waals surface area contributed by atoms with Crippen molar-refractivity contribution < 1.29 is 4.74 Å². The zero-order chi connectivity index (χ0) is 12.9. The van der Waals surface area contributed by atoms with E-state index < -0.39 is 0 Å². The highest BCUT2D eigenvalue weighted by molar-refractivity contribution is 5.79. The van der Waals surface area contributed by atoms with Crippen LogP contribution in [0.5, 0.6) is 0 Å². The standard InChI is InChI=1S/C12H28N4O/c1-5-16(6-2)10-7-8-14-12(13-3)15-9-11-17-4/h5-11H2,1-4H3,(H2,13,14,15). The lowest BCUT2D eigenvalue weighted by atomic mass is 10.3. The van der Waals surface area contributed by atoms with E-state index >= 15 is 0 Å². The first kappa shape index (κ1) is 16.2. The van der Waals surface area contributed by atoms with E-state index in [2.05, 4.69) is 34.4 Å². The first-order chi connectivity index (χ1) is 8.28. The van der Waals surface area contributed by atoms with Crippen LogP contribution in [0.15, 0.2) is 4.99 Å². The van der Waals surface area contributed by atoms with E-state index in [1.165, 1.54) is 0 Å². The summed E-state index contributed by atoms with van der Waals surface area (Å²) in [7, 11) is 3.48. The van der Waals surface area contributed by atoms with Gasteiger partial charge >= 0.3 is 0 Å². The Bertz CT molecular complexity index is 193. The summed E-state index contributed by atoms with van der Waals surface area (Å²) in [5.74, 6) is 0.849. The van der Waals surface area contributed by atoms with Crippen LogP contribution < -0.4 is 10.6 Å². The molecule has 0 unspecified atom stereocenters. The molecule has 0 fully saturated rings. The maximum absolute atomic E-state index is 4.97. The van der Waals surface area contributed by atoms with Gasteiger partial charge in [0.2, 0.25) is 0 Å². The van der Waals surface area contributed by atoms with Crippen molar-refractivity contribution in [3.8, 4) is 0 Å². The zero-order valence-corrected chi connectivity index (χ0v) is 11.8. The molecule has 102 valence electrons. The van der Waals surface area contributed by atoms with Crippen molar-refractivity contribution in [2.24, 2.45) is 4.99 Å². The molecule has 0 aromatic carbocycles. The molecule has 0 aromatic rings. The quantitative estimate of drug-likeness (QED) is 0.353. The van der Waals surface area contributed by atoms with Crippen LogP contribution in [0.2, 0.25) is 0 Å². The Labute approximate surface area is 106 Å². The number of aliphatic imine (C=N–C) groups is 1. The Balaban J connectivity index is 3.56. The van der Waals surface area contributed by atoms with E-state index in [0.717, 1.165) is 45.1 Å². The van der Waals surface area contributed by atoms with Crippen LogP contribution >= 0.6 is 0 Å². The Morgan fingerprint density at radius 1 is 1.18 bits per heavy atom. The highest BCUT2D eigenvalue weighted by atomic mass is 16.5. The molecule has 17 heavy (non-hydrogen) atoms. The molecule has 0 saturated heterocycles. The third-order valence-electron chi connectivity index (χ3n) is 2.66. The molecule has 0 aliphatic rings. The SMILES string of the molecule is CCN(CC)CCCNC(=NC)NCCOC. The molecular weight excluding hydrogens is 216 g/mol. The predicted octanol–water partition coefficient (Wildman–Crippen LogP) is 0.530. The van der Waals surface area contributed by atoms with Crippen molar-refractivity contribution in [3.63, 3.8) is 0 Å². The summed E-state index contributed by atoms with van der Waals surface area (Å²) in [4.78, 5) is 6.56. The molecule has 0 radical (unpaired) electrons. The Kier molecular flexibility index (Phi) is 11.1. The average molecular weight is 244 g/mol. The van der Waals surface area contributed by atoms with Gasteiger partial charge in [-0.3, -0.25) is 4.99 Å². The number of methoxy groups -OCH3 is 1. The minimum absolute atomic E-state index is 0.695. The third kappa shape index (κ3) is 8.94. The summed E-state index contributed by atoms with van der Waals surface area (Å²) in [6, 6.07) is 0. The minimum atomic E-state index is 0.695. The molecule has 2 N–H and O–H groups in total. The molecule has 0 aliphatic heterocycles. The number of hydrogen-bond acceptors (Lipinski definition) is 3. The number of ether oxygens (including phenoxy) is 1. The Morgan fingerprint density at radius 3 is 2.35 bits per heavy atom. The molecule has 0 amide bonds. The van der Waals surface area contributed by atoms with Crippen LogP contribution in [0, 0.1) is 0 Å². The van der Waals surface area contributed by atoms with Gasteiger partial charge in [-0.1, -0.05) is 13.8 Å². The van der Waals surface area contributed by atoms with Crippen LogP contribution in [0.3, 0.4) is 0 Å². The third-order valence-corrected chi connectivity index (χ3v) is 2.66. The van der Waals surface area contributed by atoms with Gasteiger partial charge in [0.15, 0.2) is 5.96 Å². The highest BCUT2D eigenvalue weighted by Gasteiger charge is 1.99. The Hall–Kier alpha value is -0.810. The van der Waals surface area contributed by atoms with Gasteiger partial charge in [-0.2, -0.15) is 0 Å². The average Bonchev–Trinajstić information content (AvgIpc) is 2.37. The van der Waals surface area contributed by atoms with E-state index in [-0.39, 0.29) is 0 Å². The van der Waals surface area contributed by atoms with Gasteiger partial charge in [0.05, 0.1) is 6.61 Å². The van der Waals surface area contributed by atoms with Crippen LogP contribution in [-0.2, 0) is 4.74 Å². The summed E-state index contributed by atoms with van der Waals surface area (Å²) in [6.07, 6.45) is 1.13. The predicted molar refractivity (Wildman–Crippen MR) is 73.6 cm³/mol. The number of hydrogen-bond donors (Lipinski definition) is 2. The maximum atomic E-state index is 4.97. The van der Waals surface area contributed by atoms with E-state index in [0.29, 0.717) is 6.61 Å². The lowest BCUT2D eigenvalue weighted by Crippen LogP contribution is -2.40. The van der Waals surface area contributed by atoms with Gasteiger partial charge in [0.25, 0.3) is 0 Å². The highest BCUT2D eigenvalue weighted by Crippen LogP contribution is 1.89. The van der Waals surface area contributed by atoms with Gasteiger partial charge in [-0.25, -0.2) is 0 Å². The van der Waals surface area contributed by atoms with Gasteiger partial charge in [-0.05, 0) is 26.1 Å². The van der Waals surface area contributed by atoms with Gasteiger partial charge in [-0.15, -0.1) is 0 Å². The summed E-state index contributed by atoms with van der Waals surface area (Å²) in [5.41, 5.74) is 0. The maximum Gasteiger partial charge on any atom is 0.191 e. The second kappa shape index (κ2) is 11.7. The molecule has 0 atom stereocenters. The van der Waals surface area contributed by atoms with Crippen LogP contribution in [0.25, 0.3) is 0 Å². The molecule has 0 rings (SSSR count). The summed E-state index contributed by atoms with van der Waals surface area (Å²) < 4.78 is 4.97. The van der Waals surface area contributed by atoms with Gasteiger partial charge < -0.3 is 20.3 Å². The van der Waals surface area contributed by atoms with E-state index in [4.69, 9.17) is 4.74 Å². The second-order valence-electron chi connectivity index (χ2n) is 3.80. The zero-order valence-electron chi connectivity index (χ0n) is 11.8. The van der Waals surface area contributed by atoms with Crippen molar-refractivity contribution in [3.05, 3.63) is 0 Å². The van der Waals surface area contributed by atoms with E-state index in [9.17, 15) is 0 Å². The largest absolute Gasteiger partial charge is 0.383 e. The van der Waals surface area contributed by atoms with Crippen molar-refractivity contribution in [2.45, 2.75) is 20.3 Å². The lowest BCUT2D eigenvalue weighted by molar-refractivity contribution is 0.203. The van der Waals surface area contributed by atoms with Crippen LogP contribution in [0.1, 0.15) is 20.3 Å². The Morgan fingerprint density at radius 2 is 1.82 bits per heavy atom. The first-order valence-corrected chi connectivity index (χ1v) is 6.44. The fourth-order valence-corrected chi connectivity index (χ4v) is 1.54. The summed E-state index contributed by atoms with van der Waals surface area (Å²) >= 11 is 0. The first-order valence-electron chi connectivity index (χ1n) is 6.44. The molecule has 0 spiro atoms. The van der Waals surface area contributed by atoms with Crippen molar-refractivity contribution in [1.29, 1.82) is 0 Å². The number of nitrogens with one attached hydrogen (secondary N) is 2. The van der Waals surface area contributed by atoms with Gasteiger partial charge in [0, 0.05) is 27.2 Å². The molecule has 0 saturated carbocycles. The molecule has 5 heteroatoms. The molecule has 5 nitrogen and oxygen atoms in total. The van der Waals surface area contributed by atoms with Crippen molar-refractivity contribution >= 4 is 5.96 Å². The normalized spacial score (nSPS) is 11.9. The van der Waals surface area contributed by atoms with E-state index in [1.54, 1.807) is 14.2 Å². The molecular formula is C12H28N4O. The topological polar surface area (TPSA) is 48.9 Å².